The van der Waals surface area contributed by atoms with Crippen molar-refractivity contribution in [2.45, 2.75) is 69.1 Å². The Morgan fingerprint density at radius 3 is 2.59 bits per heavy atom. The van der Waals surface area contributed by atoms with Crippen molar-refractivity contribution in [1.82, 2.24) is 0 Å². The van der Waals surface area contributed by atoms with Crippen LogP contribution in [0.1, 0.15) is 44.0 Å². The summed E-state index contributed by atoms with van der Waals surface area (Å²) in [7, 11) is 0. The van der Waals surface area contributed by atoms with E-state index in [4.69, 9.17) is 18.9 Å². The number of aliphatic hydroxyl groups is 2. The van der Waals surface area contributed by atoms with Gasteiger partial charge in [0, 0.05) is 12.2 Å². The van der Waals surface area contributed by atoms with Gasteiger partial charge in [-0.15, -0.1) is 6.58 Å². The average molecular weight is 378 g/mol. The summed E-state index contributed by atoms with van der Waals surface area (Å²) in [5.41, 5.74) is 0.868. The third kappa shape index (κ3) is 5.38. The Morgan fingerprint density at radius 2 is 1.81 bits per heavy atom. The maximum absolute atomic E-state index is 10.5. The van der Waals surface area contributed by atoms with Crippen molar-refractivity contribution in [3.05, 3.63) is 48.6 Å². The van der Waals surface area contributed by atoms with E-state index in [1.807, 2.05) is 36.4 Å². The molecule has 2 fully saturated rings. The Bertz CT molecular complexity index is 563. The lowest BCUT2D eigenvalue weighted by Gasteiger charge is -2.46. The van der Waals surface area contributed by atoms with Gasteiger partial charge in [-0.05, 0) is 19.3 Å². The SMILES string of the molecule is C=CCCCCCCO[C@@H]1OC2COC(c3ccccc3)O[C@H]2[C@H](O)C1O. The first-order valence-corrected chi connectivity index (χ1v) is 9.77. The summed E-state index contributed by atoms with van der Waals surface area (Å²) in [6.45, 7) is 4.47. The van der Waals surface area contributed by atoms with Crippen LogP contribution in [0.2, 0.25) is 0 Å². The quantitative estimate of drug-likeness (QED) is 0.508. The Kier molecular flexibility index (Phi) is 7.81. The van der Waals surface area contributed by atoms with Gasteiger partial charge in [0.05, 0.1) is 6.61 Å². The highest BCUT2D eigenvalue weighted by atomic mass is 16.8. The normalized spacial score (nSPS) is 33.4. The van der Waals surface area contributed by atoms with E-state index < -0.39 is 37.0 Å². The van der Waals surface area contributed by atoms with Gasteiger partial charge in [0.25, 0.3) is 0 Å². The summed E-state index contributed by atoms with van der Waals surface area (Å²) in [5.74, 6) is 0. The molecule has 6 heteroatoms. The molecule has 6 nitrogen and oxygen atoms in total. The first-order chi connectivity index (χ1) is 13.2. The van der Waals surface area contributed by atoms with Gasteiger partial charge in [-0.1, -0.05) is 49.2 Å². The highest BCUT2D eigenvalue weighted by Crippen LogP contribution is 2.34. The molecule has 6 atom stereocenters. The zero-order valence-corrected chi connectivity index (χ0v) is 15.6. The molecule has 3 unspecified atom stereocenters. The molecular weight excluding hydrogens is 348 g/mol. The van der Waals surface area contributed by atoms with Crippen molar-refractivity contribution >= 4 is 0 Å². The summed E-state index contributed by atoms with van der Waals surface area (Å²) < 4.78 is 23.1. The van der Waals surface area contributed by atoms with Crippen LogP contribution >= 0.6 is 0 Å². The smallest absolute Gasteiger partial charge is 0.186 e. The predicted molar refractivity (Wildman–Crippen MR) is 99.9 cm³/mol. The van der Waals surface area contributed by atoms with Crippen molar-refractivity contribution in [3.63, 3.8) is 0 Å². The monoisotopic (exact) mass is 378 g/mol. The molecule has 2 aliphatic rings. The van der Waals surface area contributed by atoms with Crippen molar-refractivity contribution in [2.24, 2.45) is 0 Å². The molecule has 2 N–H and O–H groups in total. The number of fused-ring (bicyclic) bond motifs is 1. The Hall–Kier alpha value is -1.28. The molecule has 0 aliphatic carbocycles. The number of allylic oxidation sites excluding steroid dienone is 1. The number of benzene rings is 1. The standard InChI is InChI=1S/C21H30O6/c1-2-3-4-5-6-10-13-24-21-18(23)17(22)19-16(26-21)14-25-20(27-19)15-11-8-7-9-12-15/h2,7-9,11-12,16-23H,1,3-6,10,13-14H2/t16?,17-,18?,19-,20?,21-/m1/s1. The number of hydrogen-bond acceptors (Lipinski definition) is 6. The second-order valence-corrected chi connectivity index (χ2v) is 7.06. The van der Waals surface area contributed by atoms with Gasteiger partial charge in [0.2, 0.25) is 0 Å². The molecule has 150 valence electrons. The highest BCUT2D eigenvalue weighted by molar-refractivity contribution is 5.16. The summed E-state index contributed by atoms with van der Waals surface area (Å²) in [4.78, 5) is 0. The van der Waals surface area contributed by atoms with E-state index in [2.05, 4.69) is 6.58 Å². The van der Waals surface area contributed by atoms with E-state index in [1.54, 1.807) is 0 Å². The first kappa shape index (κ1) is 20.5. The molecule has 0 radical (unpaired) electrons. The van der Waals surface area contributed by atoms with Crippen LogP contribution in [0.3, 0.4) is 0 Å². The van der Waals surface area contributed by atoms with Crippen molar-refractivity contribution in [2.75, 3.05) is 13.2 Å². The van der Waals surface area contributed by atoms with Gasteiger partial charge < -0.3 is 29.2 Å². The molecule has 3 rings (SSSR count). The van der Waals surface area contributed by atoms with Crippen LogP contribution in [0.15, 0.2) is 43.0 Å². The molecule has 0 saturated carbocycles. The largest absolute Gasteiger partial charge is 0.387 e. The topological polar surface area (TPSA) is 77.4 Å². The molecule has 1 aromatic rings. The lowest BCUT2D eigenvalue weighted by molar-refractivity contribution is -0.361. The zero-order chi connectivity index (χ0) is 19.1. The fourth-order valence-corrected chi connectivity index (χ4v) is 3.44. The summed E-state index contributed by atoms with van der Waals surface area (Å²) in [6, 6.07) is 9.52. The molecule has 2 aliphatic heterocycles. The van der Waals surface area contributed by atoms with E-state index in [1.165, 1.54) is 0 Å². The molecular formula is C21H30O6. The second-order valence-electron chi connectivity index (χ2n) is 7.06. The molecule has 0 spiro atoms. The maximum atomic E-state index is 10.5. The van der Waals surface area contributed by atoms with Crippen LogP contribution < -0.4 is 0 Å². The Labute approximate surface area is 160 Å². The highest BCUT2D eigenvalue weighted by Gasteiger charge is 2.49. The van der Waals surface area contributed by atoms with Crippen LogP contribution in [0.25, 0.3) is 0 Å². The molecule has 2 heterocycles. The summed E-state index contributed by atoms with van der Waals surface area (Å²) in [5, 5.41) is 20.9. The van der Waals surface area contributed by atoms with Crippen LogP contribution in [0.5, 0.6) is 0 Å². The van der Waals surface area contributed by atoms with Gasteiger partial charge >= 0.3 is 0 Å². The maximum Gasteiger partial charge on any atom is 0.186 e. The van der Waals surface area contributed by atoms with Crippen LogP contribution in [0.4, 0.5) is 0 Å². The van der Waals surface area contributed by atoms with Crippen LogP contribution in [-0.4, -0.2) is 54.1 Å². The fraction of sp³-hybridized carbons (Fsp3) is 0.619. The molecule has 2 saturated heterocycles. The number of unbranched alkanes of at least 4 members (excludes halogenated alkanes) is 4. The molecule has 27 heavy (non-hydrogen) atoms. The van der Waals surface area contributed by atoms with Crippen LogP contribution in [-0.2, 0) is 18.9 Å². The van der Waals surface area contributed by atoms with Crippen molar-refractivity contribution in [3.8, 4) is 0 Å². The fourth-order valence-electron chi connectivity index (χ4n) is 3.44. The van der Waals surface area contributed by atoms with Gasteiger partial charge in [-0.25, -0.2) is 0 Å². The lowest BCUT2D eigenvalue weighted by Crippen LogP contribution is -2.62. The number of rotatable bonds is 9. The van der Waals surface area contributed by atoms with E-state index in [-0.39, 0.29) is 6.61 Å². The minimum atomic E-state index is -1.15. The van der Waals surface area contributed by atoms with E-state index in [9.17, 15) is 10.2 Å². The Balaban J connectivity index is 1.46. The second kappa shape index (κ2) is 10.3. The zero-order valence-electron chi connectivity index (χ0n) is 15.6. The van der Waals surface area contributed by atoms with Crippen LogP contribution in [0, 0.1) is 0 Å². The number of hydrogen-bond donors (Lipinski definition) is 2. The van der Waals surface area contributed by atoms with E-state index >= 15 is 0 Å². The third-order valence-corrected chi connectivity index (χ3v) is 4.99. The summed E-state index contributed by atoms with van der Waals surface area (Å²) in [6.07, 6.45) is 2.34. The van der Waals surface area contributed by atoms with Gasteiger partial charge in [0.15, 0.2) is 12.6 Å². The van der Waals surface area contributed by atoms with Crippen molar-refractivity contribution in [1.29, 1.82) is 0 Å². The summed E-state index contributed by atoms with van der Waals surface area (Å²) >= 11 is 0. The molecule has 0 bridgehead atoms. The van der Waals surface area contributed by atoms with Gasteiger partial charge in [-0.3, -0.25) is 0 Å². The molecule has 0 amide bonds. The third-order valence-electron chi connectivity index (χ3n) is 4.99. The average Bonchev–Trinajstić information content (AvgIpc) is 2.71. The lowest BCUT2D eigenvalue weighted by atomic mass is 9.98. The van der Waals surface area contributed by atoms with Crippen molar-refractivity contribution < 1.29 is 29.2 Å². The molecule has 0 aromatic heterocycles. The minimum absolute atomic E-state index is 0.273. The first-order valence-electron chi connectivity index (χ1n) is 9.77. The number of aliphatic hydroxyl groups excluding tert-OH is 2. The minimum Gasteiger partial charge on any atom is -0.387 e. The van der Waals surface area contributed by atoms with E-state index in [0.717, 1.165) is 37.7 Å². The molecule has 1 aromatic carbocycles. The Morgan fingerprint density at radius 1 is 1.04 bits per heavy atom. The predicted octanol–water partition coefficient (Wildman–Crippen LogP) is 2.70. The van der Waals surface area contributed by atoms with Gasteiger partial charge in [-0.2, -0.15) is 0 Å². The number of ether oxygens (including phenoxy) is 4. The van der Waals surface area contributed by atoms with E-state index in [0.29, 0.717) is 6.61 Å². The van der Waals surface area contributed by atoms with Gasteiger partial charge in [0.1, 0.15) is 24.4 Å².